The second-order valence-electron chi connectivity index (χ2n) is 4.29. The van der Waals surface area contributed by atoms with E-state index in [9.17, 15) is 0 Å². The molecule has 19 heavy (non-hydrogen) atoms. The molecule has 0 aliphatic heterocycles. The smallest absolute Gasteiger partial charge is 0 e. The summed E-state index contributed by atoms with van der Waals surface area (Å²) in [5, 5.41) is 4.18. The Bertz CT molecular complexity index is 445. The van der Waals surface area contributed by atoms with Crippen LogP contribution < -0.4 is 10.6 Å². The minimum Gasteiger partial charge on any atom is -0.748 e. The summed E-state index contributed by atoms with van der Waals surface area (Å²) in [6.07, 6.45) is 0. The summed E-state index contributed by atoms with van der Waals surface area (Å²) in [6.45, 7) is 8.91. The van der Waals surface area contributed by atoms with E-state index in [2.05, 4.69) is 26.7 Å². The molecule has 5 heteroatoms. The van der Waals surface area contributed by atoms with E-state index in [-0.39, 0.29) is 32.9 Å². The van der Waals surface area contributed by atoms with Gasteiger partial charge in [0.2, 0.25) is 0 Å². The third kappa shape index (κ3) is 5.89. The van der Waals surface area contributed by atoms with Gasteiger partial charge in [-0.05, 0) is 13.3 Å². The fraction of sp³-hybridized carbons (Fsp3) is 0.286. The Labute approximate surface area is 139 Å². The van der Waals surface area contributed by atoms with Crippen LogP contribution in [0, 0.1) is 0 Å². The molecular formula is C14H18Cl2FeP2-6. The SMILES string of the molecule is CP(C)c1c(Cl)c(Cl)c[c-]1P(C)C.[Fe].[cH-]1[cH-][cH-][cH-][cH-]1. The fourth-order valence-electron chi connectivity index (χ4n) is 1.56. The quantitative estimate of drug-likeness (QED) is 0.400. The van der Waals surface area contributed by atoms with Gasteiger partial charge < -0.3 is 30.3 Å². The van der Waals surface area contributed by atoms with Gasteiger partial charge in [-0.1, -0.05) is 23.4 Å². The molecule has 0 aliphatic carbocycles. The van der Waals surface area contributed by atoms with Crippen molar-refractivity contribution in [1.29, 1.82) is 0 Å². The zero-order valence-corrected chi connectivity index (χ0v) is 15.9. The average Bonchev–Trinajstić information content (AvgIpc) is 2.91. The summed E-state index contributed by atoms with van der Waals surface area (Å²) in [7, 11) is -0.246. The van der Waals surface area contributed by atoms with E-state index in [1.54, 1.807) is 0 Å². The van der Waals surface area contributed by atoms with E-state index in [0.29, 0.717) is 0 Å². The largest absolute Gasteiger partial charge is 0.748 e. The van der Waals surface area contributed by atoms with Gasteiger partial charge in [-0.25, -0.2) is 0 Å². The van der Waals surface area contributed by atoms with Crippen LogP contribution in [0.1, 0.15) is 0 Å². The van der Waals surface area contributed by atoms with Gasteiger partial charge in [0, 0.05) is 17.1 Å². The first kappa shape index (κ1) is 19.7. The molecule has 0 spiro atoms. The summed E-state index contributed by atoms with van der Waals surface area (Å²) in [6, 6.07) is 12.0. The molecule has 2 rings (SSSR count). The van der Waals surface area contributed by atoms with E-state index in [0.717, 1.165) is 10.0 Å². The van der Waals surface area contributed by atoms with E-state index < -0.39 is 0 Å². The van der Waals surface area contributed by atoms with Gasteiger partial charge in [-0.15, -0.1) is 26.5 Å². The molecule has 0 radical (unpaired) electrons. The van der Waals surface area contributed by atoms with E-state index in [4.69, 9.17) is 23.2 Å². The first-order valence-electron chi connectivity index (χ1n) is 5.61. The standard InChI is InChI=1S/C9H13Cl2P2.C5H5.Fe/c1-12(2)7-5-6(10)8(11)9(7)13(3)4;1-2-4-5-3-1;/h5H,1-4H3;1-5H;/q-1;-5;. The maximum Gasteiger partial charge on any atom is 0 e. The summed E-state index contributed by atoms with van der Waals surface area (Å²) >= 11 is 12.2. The molecular weight excluding hydrogens is 357 g/mol. The Morgan fingerprint density at radius 3 is 1.63 bits per heavy atom. The summed E-state index contributed by atoms with van der Waals surface area (Å²) in [4.78, 5) is 0. The van der Waals surface area contributed by atoms with E-state index >= 15 is 0 Å². The third-order valence-corrected chi connectivity index (χ3v) is 6.18. The number of hydrogen-bond donors (Lipinski definition) is 0. The molecule has 0 N–H and O–H groups in total. The molecule has 0 nitrogen and oxygen atoms in total. The first-order chi connectivity index (χ1) is 8.45. The predicted molar refractivity (Wildman–Crippen MR) is 90.9 cm³/mol. The van der Waals surface area contributed by atoms with Crippen molar-refractivity contribution in [3.05, 3.63) is 46.4 Å². The van der Waals surface area contributed by atoms with Crippen LogP contribution in [-0.4, -0.2) is 26.7 Å². The van der Waals surface area contributed by atoms with Crippen LogP contribution in [-0.2, 0) is 17.1 Å². The third-order valence-electron chi connectivity index (χ3n) is 2.41. The monoisotopic (exact) mass is 374 g/mol. The Kier molecular flexibility index (Phi) is 9.90. The zero-order chi connectivity index (χ0) is 13.7. The molecule has 0 heterocycles. The second-order valence-corrected chi connectivity index (χ2v) is 9.58. The van der Waals surface area contributed by atoms with Crippen molar-refractivity contribution < 1.29 is 17.1 Å². The molecule has 0 atom stereocenters. The van der Waals surface area contributed by atoms with Gasteiger partial charge in [0.15, 0.2) is 0 Å². The van der Waals surface area contributed by atoms with Crippen molar-refractivity contribution in [1.82, 2.24) is 0 Å². The number of rotatable bonds is 2. The normalized spacial score (nSPS) is 10.1. The molecule has 0 bridgehead atoms. The maximum atomic E-state index is 6.15. The van der Waals surface area contributed by atoms with Gasteiger partial charge in [-0.2, -0.15) is 29.3 Å². The molecule has 0 aromatic heterocycles. The van der Waals surface area contributed by atoms with Crippen molar-refractivity contribution in [2.75, 3.05) is 26.7 Å². The van der Waals surface area contributed by atoms with Crippen molar-refractivity contribution in [3.8, 4) is 0 Å². The first-order valence-corrected chi connectivity index (χ1v) is 10.8. The van der Waals surface area contributed by atoms with E-state index in [1.807, 2.05) is 36.4 Å². The van der Waals surface area contributed by atoms with Crippen molar-refractivity contribution >= 4 is 49.7 Å². The zero-order valence-electron chi connectivity index (χ0n) is 11.5. The molecule has 0 amide bonds. The second kappa shape index (κ2) is 9.57. The molecule has 0 saturated heterocycles. The summed E-state index contributed by atoms with van der Waals surface area (Å²) in [5.74, 6) is 0. The number of halogens is 2. The van der Waals surface area contributed by atoms with Crippen LogP contribution in [0.5, 0.6) is 0 Å². The van der Waals surface area contributed by atoms with Crippen molar-refractivity contribution in [3.63, 3.8) is 0 Å². The van der Waals surface area contributed by atoms with Crippen LogP contribution >= 0.6 is 39.0 Å². The summed E-state index contributed by atoms with van der Waals surface area (Å²) in [5.41, 5.74) is 0. The van der Waals surface area contributed by atoms with Gasteiger partial charge in [0.1, 0.15) is 0 Å². The van der Waals surface area contributed by atoms with Gasteiger partial charge in [0.05, 0.1) is 0 Å². The summed E-state index contributed by atoms with van der Waals surface area (Å²) < 4.78 is 0. The maximum absolute atomic E-state index is 6.15. The molecule has 0 aliphatic rings. The minimum atomic E-state index is -0.149. The van der Waals surface area contributed by atoms with Crippen LogP contribution in [0.3, 0.4) is 0 Å². The molecule has 0 saturated carbocycles. The minimum absolute atomic E-state index is 0. The Hall–Kier alpha value is 0.659. The number of hydrogen-bond acceptors (Lipinski definition) is 0. The predicted octanol–water partition coefficient (Wildman–Crippen LogP) is 4.85. The Balaban J connectivity index is 0.000000454. The van der Waals surface area contributed by atoms with Gasteiger partial charge in [-0.3, -0.25) is 0 Å². The van der Waals surface area contributed by atoms with Crippen LogP contribution in [0.2, 0.25) is 10.0 Å². The average molecular weight is 375 g/mol. The van der Waals surface area contributed by atoms with Gasteiger partial charge in [0.25, 0.3) is 0 Å². The Morgan fingerprint density at radius 2 is 1.37 bits per heavy atom. The van der Waals surface area contributed by atoms with Crippen LogP contribution in [0.15, 0.2) is 36.4 Å². The molecule has 2 aromatic rings. The van der Waals surface area contributed by atoms with Crippen LogP contribution in [0.4, 0.5) is 0 Å². The molecule has 0 unspecified atom stereocenters. The van der Waals surface area contributed by atoms with E-state index in [1.165, 1.54) is 10.6 Å². The molecule has 0 fully saturated rings. The topological polar surface area (TPSA) is 0 Å². The molecule has 112 valence electrons. The van der Waals surface area contributed by atoms with Crippen LogP contribution in [0.25, 0.3) is 0 Å². The Morgan fingerprint density at radius 1 is 0.947 bits per heavy atom. The molecule has 2 aromatic carbocycles. The van der Waals surface area contributed by atoms with Crippen molar-refractivity contribution in [2.24, 2.45) is 0 Å². The van der Waals surface area contributed by atoms with Gasteiger partial charge >= 0.3 is 0 Å². The fourth-order valence-corrected chi connectivity index (χ4v) is 5.80. The van der Waals surface area contributed by atoms with Crippen molar-refractivity contribution in [2.45, 2.75) is 0 Å².